The average Bonchev–Trinajstić information content (AvgIpc) is 2.72. The van der Waals surface area contributed by atoms with Crippen molar-refractivity contribution in [3.05, 3.63) is 18.2 Å². The molecule has 0 aromatic heterocycles. The van der Waals surface area contributed by atoms with Gasteiger partial charge in [0.25, 0.3) is 11.8 Å². The first-order valence-corrected chi connectivity index (χ1v) is 11.6. The van der Waals surface area contributed by atoms with E-state index in [-0.39, 0.29) is 30.4 Å². The Morgan fingerprint density at radius 3 is 2.48 bits per heavy atom. The number of likely N-dealkylation sites (N-methyl/N-ethyl adjacent to an activating group) is 1. The molecule has 31 heavy (non-hydrogen) atoms. The quantitative estimate of drug-likeness (QED) is 0.528. The predicted molar refractivity (Wildman–Crippen MR) is 123 cm³/mol. The second-order valence-corrected chi connectivity index (χ2v) is 8.70. The summed E-state index contributed by atoms with van der Waals surface area (Å²) in [5.74, 6) is 2.22. The molecule has 2 rings (SSSR count). The minimum atomic E-state index is -0.311. The second-order valence-electron chi connectivity index (χ2n) is 8.70. The maximum Gasteiger partial charge on any atom is 0.279 e. The molecule has 174 valence electrons. The van der Waals surface area contributed by atoms with E-state index in [1.807, 2.05) is 27.8 Å². The number of amides is 2. The SMILES string of the molecule is CCOc1ccc(NC(=O)C[NH+](C)[C@@H](C)C(=O)N[C@@H]2CCC[C@H](C)[C@@H]2C)cc1OCC. The predicted octanol–water partition coefficient (Wildman–Crippen LogP) is 2.27. The number of hydrogen-bond acceptors (Lipinski definition) is 4. The fourth-order valence-electron chi connectivity index (χ4n) is 4.06. The van der Waals surface area contributed by atoms with Gasteiger partial charge in [-0.3, -0.25) is 9.59 Å². The number of rotatable bonds is 10. The summed E-state index contributed by atoms with van der Waals surface area (Å²) in [6.07, 6.45) is 3.41. The summed E-state index contributed by atoms with van der Waals surface area (Å²) in [6.45, 7) is 11.4. The Balaban J connectivity index is 1.90. The fraction of sp³-hybridized carbons (Fsp3) is 0.667. The molecule has 1 aliphatic rings. The minimum Gasteiger partial charge on any atom is -0.490 e. The van der Waals surface area contributed by atoms with Crippen molar-refractivity contribution in [2.24, 2.45) is 11.8 Å². The van der Waals surface area contributed by atoms with Crippen LogP contribution in [-0.4, -0.2) is 50.7 Å². The van der Waals surface area contributed by atoms with Crippen molar-refractivity contribution in [1.82, 2.24) is 5.32 Å². The van der Waals surface area contributed by atoms with Crippen molar-refractivity contribution in [3.8, 4) is 11.5 Å². The van der Waals surface area contributed by atoms with Crippen LogP contribution in [0.25, 0.3) is 0 Å². The van der Waals surface area contributed by atoms with Gasteiger partial charge in [-0.25, -0.2) is 0 Å². The molecular formula is C24H40N3O4+. The van der Waals surface area contributed by atoms with Crippen LogP contribution >= 0.6 is 0 Å². The van der Waals surface area contributed by atoms with Gasteiger partial charge in [0.15, 0.2) is 24.1 Å². The zero-order chi connectivity index (χ0) is 23.0. The third kappa shape index (κ3) is 7.13. The lowest BCUT2D eigenvalue weighted by Gasteiger charge is -2.35. The molecule has 2 amide bonds. The summed E-state index contributed by atoms with van der Waals surface area (Å²) in [5.41, 5.74) is 0.645. The lowest BCUT2D eigenvalue weighted by molar-refractivity contribution is -0.885. The lowest BCUT2D eigenvalue weighted by atomic mass is 9.78. The summed E-state index contributed by atoms with van der Waals surface area (Å²) in [7, 11) is 1.88. The number of ether oxygens (including phenoxy) is 2. The van der Waals surface area contributed by atoms with Crippen LogP contribution < -0.4 is 25.0 Å². The average molecular weight is 435 g/mol. The highest BCUT2D eigenvalue weighted by atomic mass is 16.5. The highest BCUT2D eigenvalue weighted by Gasteiger charge is 2.31. The smallest absolute Gasteiger partial charge is 0.279 e. The zero-order valence-corrected chi connectivity index (χ0v) is 19.9. The number of carbonyl (C=O) groups excluding carboxylic acids is 2. The van der Waals surface area contributed by atoms with Crippen LogP contribution in [0.15, 0.2) is 18.2 Å². The van der Waals surface area contributed by atoms with Crippen LogP contribution in [0.1, 0.15) is 53.9 Å². The molecule has 1 aromatic carbocycles. The molecule has 0 heterocycles. The van der Waals surface area contributed by atoms with Crippen LogP contribution in [0.4, 0.5) is 5.69 Å². The van der Waals surface area contributed by atoms with E-state index in [9.17, 15) is 9.59 Å². The van der Waals surface area contributed by atoms with Gasteiger partial charge in [0.2, 0.25) is 0 Å². The molecule has 3 N–H and O–H groups in total. The summed E-state index contributed by atoms with van der Waals surface area (Å²) in [4.78, 5) is 26.2. The van der Waals surface area contributed by atoms with Crippen LogP contribution in [0.3, 0.4) is 0 Å². The van der Waals surface area contributed by atoms with E-state index in [1.165, 1.54) is 6.42 Å². The number of anilines is 1. The molecule has 0 bridgehead atoms. The van der Waals surface area contributed by atoms with E-state index in [0.29, 0.717) is 42.2 Å². The van der Waals surface area contributed by atoms with E-state index < -0.39 is 0 Å². The van der Waals surface area contributed by atoms with Gasteiger partial charge in [0.1, 0.15) is 0 Å². The Hall–Kier alpha value is -2.28. The van der Waals surface area contributed by atoms with Gasteiger partial charge in [-0.2, -0.15) is 0 Å². The van der Waals surface area contributed by atoms with Gasteiger partial charge in [-0.15, -0.1) is 0 Å². The Morgan fingerprint density at radius 1 is 1.13 bits per heavy atom. The second kappa shape index (κ2) is 11.9. The lowest BCUT2D eigenvalue weighted by Crippen LogP contribution is -3.15. The Morgan fingerprint density at radius 2 is 1.81 bits per heavy atom. The van der Waals surface area contributed by atoms with Crippen LogP contribution in [0.2, 0.25) is 0 Å². The number of hydrogen-bond donors (Lipinski definition) is 3. The molecule has 1 fully saturated rings. The van der Waals surface area contributed by atoms with Gasteiger partial charge in [0.05, 0.1) is 20.3 Å². The van der Waals surface area contributed by atoms with Gasteiger partial charge in [-0.1, -0.05) is 26.7 Å². The highest BCUT2D eigenvalue weighted by molar-refractivity contribution is 5.92. The van der Waals surface area contributed by atoms with Crippen LogP contribution in [0.5, 0.6) is 11.5 Å². The third-order valence-electron chi connectivity index (χ3n) is 6.43. The summed E-state index contributed by atoms with van der Waals surface area (Å²) in [6, 6.07) is 5.27. The van der Waals surface area contributed by atoms with E-state index in [2.05, 4.69) is 24.5 Å². The van der Waals surface area contributed by atoms with Gasteiger partial charge in [0, 0.05) is 17.8 Å². The van der Waals surface area contributed by atoms with Crippen molar-refractivity contribution in [2.45, 2.75) is 66.0 Å². The van der Waals surface area contributed by atoms with Gasteiger partial charge >= 0.3 is 0 Å². The summed E-state index contributed by atoms with van der Waals surface area (Å²) < 4.78 is 11.2. The van der Waals surface area contributed by atoms with Crippen molar-refractivity contribution < 1.29 is 24.0 Å². The normalized spacial score (nSPS) is 22.8. The van der Waals surface area contributed by atoms with Crippen LogP contribution in [-0.2, 0) is 9.59 Å². The highest BCUT2D eigenvalue weighted by Crippen LogP contribution is 2.31. The number of nitrogens with one attached hydrogen (secondary N) is 3. The van der Waals surface area contributed by atoms with Crippen LogP contribution in [0, 0.1) is 11.8 Å². The maximum atomic E-state index is 12.8. The number of benzene rings is 1. The van der Waals surface area contributed by atoms with Crippen molar-refractivity contribution >= 4 is 17.5 Å². The molecule has 7 heteroatoms. The first-order chi connectivity index (χ1) is 14.8. The first-order valence-electron chi connectivity index (χ1n) is 11.6. The molecule has 0 radical (unpaired) electrons. The van der Waals surface area contributed by atoms with Crippen molar-refractivity contribution in [2.75, 3.05) is 32.1 Å². The summed E-state index contributed by atoms with van der Waals surface area (Å²) >= 11 is 0. The molecule has 0 aliphatic heterocycles. The zero-order valence-electron chi connectivity index (χ0n) is 19.9. The molecule has 0 saturated heterocycles. The van der Waals surface area contributed by atoms with Gasteiger partial charge < -0.3 is 25.0 Å². The van der Waals surface area contributed by atoms with E-state index in [1.54, 1.807) is 18.2 Å². The molecular weight excluding hydrogens is 394 g/mol. The Bertz CT molecular complexity index is 740. The van der Waals surface area contributed by atoms with E-state index in [4.69, 9.17) is 9.47 Å². The molecule has 0 spiro atoms. The molecule has 7 nitrogen and oxygen atoms in total. The largest absolute Gasteiger partial charge is 0.490 e. The molecule has 1 aromatic rings. The molecule has 1 unspecified atom stereocenters. The molecule has 1 aliphatic carbocycles. The van der Waals surface area contributed by atoms with Gasteiger partial charge in [-0.05, 0) is 51.2 Å². The monoisotopic (exact) mass is 434 g/mol. The first kappa shape index (κ1) is 25.0. The summed E-state index contributed by atoms with van der Waals surface area (Å²) in [5, 5.41) is 6.12. The van der Waals surface area contributed by atoms with Crippen molar-refractivity contribution in [1.29, 1.82) is 0 Å². The maximum absolute atomic E-state index is 12.8. The van der Waals surface area contributed by atoms with E-state index >= 15 is 0 Å². The third-order valence-corrected chi connectivity index (χ3v) is 6.43. The standard InChI is InChI=1S/C24H39N3O4/c1-7-30-21-13-12-19(14-22(21)31-8-2)25-23(28)15-27(6)18(5)24(29)26-20-11-9-10-16(3)17(20)4/h12-14,16-18,20H,7-11,15H2,1-6H3,(H,25,28)(H,26,29)/p+1/t16-,17-,18-,20+/m0/s1. The molecule has 5 atom stereocenters. The molecule has 1 saturated carbocycles. The minimum absolute atomic E-state index is 0.0101. The number of carbonyl (C=O) groups is 2. The topological polar surface area (TPSA) is 81.1 Å². The van der Waals surface area contributed by atoms with Crippen molar-refractivity contribution in [3.63, 3.8) is 0 Å². The number of quaternary nitrogens is 1. The fourth-order valence-corrected chi connectivity index (χ4v) is 4.06. The Kier molecular flexibility index (Phi) is 9.62. The van der Waals surface area contributed by atoms with E-state index in [0.717, 1.165) is 17.7 Å². The Labute approximate surface area is 186 Å².